The van der Waals surface area contributed by atoms with Gasteiger partial charge in [-0.1, -0.05) is 15.9 Å². The quantitative estimate of drug-likeness (QED) is 0.807. The van der Waals surface area contributed by atoms with Crippen LogP contribution in [0, 0.1) is 11.3 Å². The second-order valence-electron chi connectivity index (χ2n) is 3.60. The van der Waals surface area contributed by atoms with Gasteiger partial charge >= 0.3 is 0 Å². The van der Waals surface area contributed by atoms with Gasteiger partial charge in [0, 0.05) is 10.7 Å². The summed E-state index contributed by atoms with van der Waals surface area (Å²) >= 11 is 6.49. The normalized spacial score (nSPS) is 9.74. The van der Waals surface area contributed by atoms with Crippen LogP contribution >= 0.6 is 31.9 Å². The van der Waals surface area contributed by atoms with Crippen LogP contribution in [0.2, 0.25) is 0 Å². The first-order valence-electron chi connectivity index (χ1n) is 5.23. The molecule has 0 spiro atoms. The van der Waals surface area contributed by atoms with E-state index in [2.05, 4.69) is 42.2 Å². The average Bonchev–Trinajstić information content (AvgIpc) is 2.41. The summed E-state index contributed by atoms with van der Waals surface area (Å²) < 4.78 is 1.24. The number of carbonyl (C=O) groups is 1. The molecular weight excluding hydrogens is 374 g/mol. The number of rotatable bonds is 2. The van der Waals surface area contributed by atoms with Gasteiger partial charge in [0.05, 0.1) is 16.8 Å². The van der Waals surface area contributed by atoms with Crippen molar-refractivity contribution in [3.63, 3.8) is 0 Å². The van der Waals surface area contributed by atoms with Crippen LogP contribution in [0.25, 0.3) is 0 Å². The van der Waals surface area contributed by atoms with Gasteiger partial charge in [-0.25, -0.2) is 4.98 Å². The Morgan fingerprint density at radius 1 is 1.32 bits per heavy atom. The lowest BCUT2D eigenvalue weighted by Crippen LogP contribution is -2.13. The number of amides is 1. The molecule has 19 heavy (non-hydrogen) atoms. The van der Waals surface area contributed by atoms with E-state index >= 15 is 0 Å². The van der Waals surface area contributed by atoms with Crippen LogP contribution in [0.5, 0.6) is 0 Å². The van der Waals surface area contributed by atoms with Crippen molar-refractivity contribution in [2.75, 3.05) is 5.32 Å². The third kappa shape index (κ3) is 3.19. The first-order valence-corrected chi connectivity index (χ1v) is 6.82. The highest BCUT2D eigenvalue weighted by atomic mass is 79.9. The Kier molecular flexibility index (Phi) is 4.30. The number of nitrogens with zero attached hydrogens (tertiary/aromatic N) is 2. The van der Waals surface area contributed by atoms with Crippen molar-refractivity contribution in [1.82, 2.24) is 4.98 Å². The highest BCUT2D eigenvalue weighted by Gasteiger charge is 2.12. The molecule has 1 N–H and O–H groups in total. The molecule has 0 bridgehead atoms. The van der Waals surface area contributed by atoms with Gasteiger partial charge in [-0.2, -0.15) is 5.26 Å². The maximum atomic E-state index is 12.1. The molecule has 2 rings (SSSR count). The summed E-state index contributed by atoms with van der Waals surface area (Å²) in [6.45, 7) is 0. The van der Waals surface area contributed by atoms with Crippen LogP contribution in [-0.2, 0) is 0 Å². The third-order valence-electron chi connectivity index (χ3n) is 2.35. The molecule has 2 aromatic rings. The summed E-state index contributed by atoms with van der Waals surface area (Å²) in [6, 6.07) is 10.4. The summed E-state index contributed by atoms with van der Waals surface area (Å²) in [6.07, 6.45) is 1.58. The fraction of sp³-hybridized carbons (Fsp3) is 0. The minimum absolute atomic E-state index is 0.321. The van der Waals surface area contributed by atoms with Gasteiger partial charge in [-0.3, -0.25) is 4.79 Å². The number of pyridine rings is 1. The molecule has 1 aromatic carbocycles. The van der Waals surface area contributed by atoms with Gasteiger partial charge in [-0.05, 0) is 46.3 Å². The molecule has 1 amide bonds. The Labute approximate surface area is 126 Å². The summed E-state index contributed by atoms with van der Waals surface area (Å²) in [4.78, 5) is 16.1. The van der Waals surface area contributed by atoms with E-state index in [1.807, 2.05) is 6.07 Å². The van der Waals surface area contributed by atoms with E-state index in [1.54, 1.807) is 36.5 Å². The number of carbonyl (C=O) groups excluding carboxylic acids is 1. The van der Waals surface area contributed by atoms with Crippen LogP contribution in [0.15, 0.2) is 45.6 Å². The van der Waals surface area contributed by atoms with Gasteiger partial charge in [0.25, 0.3) is 5.91 Å². The Balaban J connectivity index is 2.30. The molecule has 0 radical (unpaired) electrons. The molecule has 0 saturated heterocycles. The predicted molar refractivity (Wildman–Crippen MR) is 78.7 cm³/mol. The first-order chi connectivity index (χ1) is 9.11. The summed E-state index contributed by atoms with van der Waals surface area (Å²) in [5.41, 5.74) is 1.27. The molecule has 0 aliphatic carbocycles. The lowest BCUT2D eigenvalue weighted by Gasteiger charge is -2.08. The van der Waals surface area contributed by atoms with Crippen molar-refractivity contribution >= 4 is 43.5 Å². The van der Waals surface area contributed by atoms with Crippen molar-refractivity contribution in [3.8, 4) is 6.07 Å². The minimum atomic E-state index is -0.321. The first kappa shape index (κ1) is 13.7. The Morgan fingerprint density at radius 3 is 2.79 bits per heavy atom. The van der Waals surface area contributed by atoms with E-state index in [0.717, 1.165) is 4.47 Å². The zero-order valence-electron chi connectivity index (χ0n) is 9.52. The van der Waals surface area contributed by atoms with E-state index < -0.39 is 0 Å². The molecular formula is C13H7Br2N3O. The second-order valence-corrected chi connectivity index (χ2v) is 5.26. The van der Waals surface area contributed by atoms with Crippen molar-refractivity contribution in [2.24, 2.45) is 0 Å². The number of halogens is 2. The summed E-state index contributed by atoms with van der Waals surface area (Å²) in [5.74, 6) is -0.321. The van der Waals surface area contributed by atoms with Crippen LogP contribution in [0.3, 0.4) is 0 Å². The number of nitriles is 1. The molecule has 1 aromatic heterocycles. The van der Waals surface area contributed by atoms with Crippen LogP contribution in [-0.4, -0.2) is 10.9 Å². The zero-order valence-corrected chi connectivity index (χ0v) is 12.7. The van der Waals surface area contributed by atoms with Crippen molar-refractivity contribution in [2.45, 2.75) is 0 Å². The zero-order chi connectivity index (χ0) is 13.8. The smallest absolute Gasteiger partial charge is 0.258 e. The molecule has 0 aliphatic heterocycles. The SMILES string of the molecule is N#Cc1cc(Br)ccc1NC(=O)c1cccnc1Br. The van der Waals surface area contributed by atoms with Gasteiger partial charge in [0.2, 0.25) is 0 Å². The Bertz CT molecular complexity index is 680. The highest BCUT2D eigenvalue weighted by molar-refractivity contribution is 9.10. The third-order valence-corrected chi connectivity index (χ3v) is 3.48. The molecule has 4 nitrogen and oxygen atoms in total. The molecule has 94 valence electrons. The van der Waals surface area contributed by atoms with E-state index in [0.29, 0.717) is 21.4 Å². The lowest BCUT2D eigenvalue weighted by atomic mass is 10.2. The van der Waals surface area contributed by atoms with E-state index in [1.165, 1.54) is 0 Å². The topological polar surface area (TPSA) is 65.8 Å². The number of hydrogen-bond acceptors (Lipinski definition) is 3. The fourth-order valence-electron chi connectivity index (χ4n) is 1.46. The van der Waals surface area contributed by atoms with Gasteiger partial charge in [0.15, 0.2) is 0 Å². The molecule has 1 heterocycles. The average molecular weight is 381 g/mol. The number of anilines is 1. The van der Waals surface area contributed by atoms with Crippen molar-refractivity contribution in [1.29, 1.82) is 5.26 Å². The second kappa shape index (κ2) is 5.95. The monoisotopic (exact) mass is 379 g/mol. The number of nitrogens with one attached hydrogen (secondary N) is 1. The van der Waals surface area contributed by atoms with E-state index in [-0.39, 0.29) is 5.91 Å². The highest BCUT2D eigenvalue weighted by Crippen LogP contribution is 2.22. The molecule has 0 unspecified atom stereocenters. The van der Waals surface area contributed by atoms with Crippen LogP contribution in [0.1, 0.15) is 15.9 Å². The molecule has 0 aliphatic rings. The van der Waals surface area contributed by atoms with E-state index in [9.17, 15) is 4.79 Å². The number of hydrogen-bond donors (Lipinski definition) is 1. The maximum Gasteiger partial charge on any atom is 0.258 e. The van der Waals surface area contributed by atoms with Gasteiger partial charge < -0.3 is 5.32 Å². The molecule has 0 saturated carbocycles. The van der Waals surface area contributed by atoms with Crippen LogP contribution in [0.4, 0.5) is 5.69 Å². The number of benzene rings is 1. The Hall–Kier alpha value is -1.71. The van der Waals surface area contributed by atoms with Crippen molar-refractivity contribution in [3.05, 3.63) is 56.7 Å². The Morgan fingerprint density at radius 2 is 2.11 bits per heavy atom. The lowest BCUT2D eigenvalue weighted by molar-refractivity contribution is 0.102. The van der Waals surface area contributed by atoms with Crippen molar-refractivity contribution < 1.29 is 4.79 Å². The summed E-state index contributed by atoms with van der Waals surface area (Å²) in [7, 11) is 0. The standard InChI is InChI=1S/C13H7Br2N3O/c14-9-3-4-11(8(6-9)7-16)18-13(19)10-2-1-5-17-12(10)15/h1-6H,(H,18,19). The summed E-state index contributed by atoms with van der Waals surface area (Å²) in [5, 5.41) is 11.7. The fourth-order valence-corrected chi connectivity index (χ4v) is 2.25. The molecule has 0 atom stereocenters. The largest absolute Gasteiger partial charge is 0.321 e. The maximum absolute atomic E-state index is 12.1. The van der Waals surface area contributed by atoms with E-state index in [4.69, 9.17) is 5.26 Å². The predicted octanol–water partition coefficient (Wildman–Crippen LogP) is 3.73. The van der Waals surface area contributed by atoms with Crippen LogP contribution < -0.4 is 5.32 Å². The van der Waals surface area contributed by atoms with Gasteiger partial charge in [0.1, 0.15) is 10.7 Å². The molecule has 0 fully saturated rings. The van der Waals surface area contributed by atoms with Gasteiger partial charge in [-0.15, -0.1) is 0 Å². The minimum Gasteiger partial charge on any atom is -0.321 e. The number of aromatic nitrogens is 1. The molecule has 6 heteroatoms.